The lowest BCUT2D eigenvalue weighted by atomic mass is 10.3. The molecule has 0 heterocycles. The van der Waals surface area contributed by atoms with Crippen molar-refractivity contribution in [3.05, 3.63) is 54.4 Å². The van der Waals surface area contributed by atoms with Gasteiger partial charge in [-0.2, -0.15) is 0 Å². The summed E-state index contributed by atoms with van der Waals surface area (Å²) in [6.07, 6.45) is 0.854. The Hall–Kier alpha value is 0.910. The minimum Gasteiger partial charge on any atom is -0.422 e. The predicted octanol–water partition coefficient (Wildman–Crippen LogP) is 10.9. The Bertz CT molecular complexity index is 1190. The average Bonchev–Trinajstić information content (AvgIpc) is 2.84. The number of benzene rings is 2. The van der Waals surface area contributed by atoms with Crippen LogP contribution in [0.1, 0.15) is 27.2 Å². The molecule has 20 heteroatoms. The Labute approximate surface area is 273 Å². The van der Waals surface area contributed by atoms with Gasteiger partial charge >= 0.3 is 21.8 Å². The van der Waals surface area contributed by atoms with Crippen molar-refractivity contribution in [3.8, 4) is 11.5 Å². The van der Waals surface area contributed by atoms with Gasteiger partial charge in [0.2, 0.25) is 0 Å². The van der Waals surface area contributed by atoms with Crippen LogP contribution in [0.2, 0.25) is 30.1 Å². The molecule has 228 valence electrons. The topological polar surface area (TPSA) is 121 Å². The third-order valence-corrected chi connectivity index (χ3v) is 11.8. The van der Waals surface area contributed by atoms with Crippen molar-refractivity contribution in [1.29, 1.82) is 0 Å². The first kappa shape index (κ1) is 40.9. The summed E-state index contributed by atoms with van der Waals surface area (Å²) in [5.41, 5.74) is 0. The first-order chi connectivity index (χ1) is 18.6. The Morgan fingerprint density at radius 3 is 1.80 bits per heavy atom. The standard InChI is InChI=1S/C11H14Cl3O3PS.C9H10Cl3O3PS.HO3P/c1-3-5-19-18(15,16-4-2)17-11-9(13)6-8(12)7-10(11)14;1-3-14-16(17,13-2)15-9-5-7(11)6(10)4-8(9)12;1-4(2)3/h6-7H,3-5H2,1-2H3;4-5H,3H2,1-2H3;(H-,1,2,3)/p+1. The molecule has 0 fully saturated rings. The summed E-state index contributed by atoms with van der Waals surface area (Å²) >= 11 is 41.7. The van der Waals surface area contributed by atoms with Crippen LogP contribution in [-0.2, 0) is 34.5 Å². The van der Waals surface area contributed by atoms with E-state index in [0.717, 1.165) is 17.8 Å². The van der Waals surface area contributed by atoms with Crippen molar-refractivity contribution in [2.45, 2.75) is 27.2 Å². The average molecular weight is 780 g/mol. The van der Waals surface area contributed by atoms with Crippen LogP contribution in [0.25, 0.3) is 0 Å². The van der Waals surface area contributed by atoms with Gasteiger partial charge in [-0.25, -0.2) is 4.57 Å². The molecule has 0 aliphatic carbocycles. The molecule has 0 saturated heterocycles. The lowest BCUT2D eigenvalue weighted by Gasteiger charge is -2.20. The molecule has 0 radical (unpaired) electrons. The van der Waals surface area contributed by atoms with Crippen LogP contribution in [0.3, 0.4) is 0 Å². The van der Waals surface area contributed by atoms with E-state index >= 15 is 0 Å². The molecule has 2 unspecified atom stereocenters. The Kier molecular flexibility index (Phi) is 21.3. The summed E-state index contributed by atoms with van der Waals surface area (Å²) in [5, 5.41) is 1.75. The molecule has 9 nitrogen and oxygen atoms in total. The van der Waals surface area contributed by atoms with Crippen LogP contribution < -0.4 is 9.05 Å². The van der Waals surface area contributed by atoms with Gasteiger partial charge in [0.05, 0.1) is 38.3 Å². The van der Waals surface area contributed by atoms with Crippen molar-refractivity contribution in [2.75, 3.05) is 26.1 Å². The Morgan fingerprint density at radius 1 is 0.850 bits per heavy atom. The van der Waals surface area contributed by atoms with E-state index in [2.05, 4.69) is 0 Å². The first-order valence-electron chi connectivity index (χ1n) is 10.8. The van der Waals surface area contributed by atoms with E-state index in [4.69, 9.17) is 118 Å². The maximum atomic E-state index is 12.5. The quantitative estimate of drug-likeness (QED) is 0.158. The molecular formula is C20H26Cl6O9P3S2+. The SMILES string of the molecule is CCCSP(=O)(OCC)Oc1c(Cl)cc(Cl)cc1Cl.CCOP(=S)(OC)Oc1cc(Cl)c(Cl)cc1Cl.O=[P+](O)O. The van der Waals surface area contributed by atoms with Gasteiger partial charge in [-0.05, 0) is 49.8 Å². The fraction of sp³-hybridized carbons (Fsp3) is 0.400. The predicted molar refractivity (Wildman–Crippen MR) is 171 cm³/mol. The molecule has 0 spiro atoms. The third-order valence-electron chi connectivity index (χ3n) is 3.60. The normalized spacial score (nSPS) is 13.5. The van der Waals surface area contributed by atoms with E-state index < -0.39 is 21.8 Å². The second kappa shape index (κ2) is 20.8. The first-order valence-corrected chi connectivity index (χ1v) is 19.9. The molecule has 2 aromatic carbocycles. The van der Waals surface area contributed by atoms with E-state index in [1.807, 2.05) is 6.92 Å². The molecule has 2 aromatic rings. The molecule has 0 amide bonds. The highest BCUT2D eigenvalue weighted by Gasteiger charge is 2.29. The zero-order chi connectivity index (χ0) is 31.1. The van der Waals surface area contributed by atoms with Gasteiger partial charge < -0.3 is 13.6 Å². The minimum atomic E-state index is -3.32. The van der Waals surface area contributed by atoms with Gasteiger partial charge in [0.15, 0.2) is 5.75 Å². The van der Waals surface area contributed by atoms with E-state index in [9.17, 15) is 4.57 Å². The van der Waals surface area contributed by atoms with Crippen LogP contribution in [0.5, 0.6) is 11.5 Å². The van der Waals surface area contributed by atoms with E-state index in [-0.39, 0.29) is 22.4 Å². The van der Waals surface area contributed by atoms with Crippen molar-refractivity contribution < 1.29 is 41.5 Å². The number of hydrogen-bond acceptors (Lipinski definition) is 9. The smallest absolute Gasteiger partial charge is 0.422 e. The fourth-order valence-electron chi connectivity index (χ4n) is 2.15. The maximum absolute atomic E-state index is 12.5. The molecule has 0 aromatic heterocycles. The fourth-order valence-corrected chi connectivity index (χ4v) is 8.74. The molecule has 0 saturated carbocycles. The van der Waals surface area contributed by atoms with E-state index in [1.54, 1.807) is 13.8 Å². The molecule has 0 aliphatic rings. The summed E-state index contributed by atoms with van der Waals surface area (Å²) in [5.74, 6) is 1.08. The molecule has 40 heavy (non-hydrogen) atoms. The lowest BCUT2D eigenvalue weighted by molar-refractivity contribution is 0.242. The molecule has 2 atom stereocenters. The van der Waals surface area contributed by atoms with Crippen LogP contribution in [0.4, 0.5) is 0 Å². The van der Waals surface area contributed by atoms with Crippen molar-refractivity contribution >= 4 is 115 Å². The van der Waals surface area contributed by atoms with Gasteiger partial charge in [-0.15, -0.1) is 9.79 Å². The van der Waals surface area contributed by atoms with Gasteiger partial charge in [0.25, 0.3) is 0 Å². The lowest BCUT2D eigenvalue weighted by Crippen LogP contribution is -2.00. The van der Waals surface area contributed by atoms with Crippen LogP contribution in [0, 0.1) is 0 Å². The Balaban J connectivity index is 0.000000674. The second-order valence-corrected chi connectivity index (χ2v) is 16.7. The molecule has 0 aliphatic heterocycles. The van der Waals surface area contributed by atoms with E-state index in [1.165, 1.54) is 31.4 Å². The summed E-state index contributed by atoms with van der Waals surface area (Å²) < 4.78 is 47.6. The van der Waals surface area contributed by atoms with Gasteiger partial charge in [-0.1, -0.05) is 76.5 Å². The van der Waals surface area contributed by atoms with Crippen LogP contribution >= 0.6 is 103 Å². The van der Waals surface area contributed by atoms with Crippen molar-refractivity contribution in [2.24, 2.45) is 0 Å². The highest BCUT2D eigenvalue weighted by atomic mass is 35.5. The monoisotopic (exact) mass is 777 g/mol. The Morgan fingerprint density at radius 2 is 1.35 bits per heavy atom. The number of halogens is 6. The highest BCUT2D eigenvalue weighted by Crippen LogP contribution is 2.62. The zero-order valence-corrected chi connectivity index (χ0v) is 30.2. The van der Waals surface area contributed by atoms with Crippen LogP contribution in [0.15, 0.2) is 24.3 Å². The zero-order valence-electron chi connectivity index (χ0n) is 21.3. The van der Waals surface area contributed by atoms with Gasteiger partial charge in [0, 0.05) is 40.3 Å². The summed E-state index contributed by atoms with van der Waals surface area (Å²) in [6.45, 7) is 0.00759. The maximum Gasteiger partial charge on any atom is 0.692 e. The van der Waals surface area contributed by atoms with Gasteiger partial charge in [-0.3, -0.25) is 9.05 Å². The summed E-state index contributed by atoms with van der Waals surface area (Å²) in [4.78, 5) is 14.2. The minimum absolute atomic E-state index is 0.133. The van der Waals surface area contributed by atoms with Crippen molar-refractivity contribution in [1.82, 2.24) is 0 Å². The number of rotatable bonds is 12. The van der Waals surface area contributed by atoms with Crippen LogP contribution in [-0.4, -0.2) is 35.9 Å². The summed E-state index contributed by atoms with van der Waals surface area (Å²) in [6, 6.07) is 5.91. The molecule has 2 N–H and O–H groups in total. The molecule has 0 bridgehead atoms. The van der Waals surface area contributed by atoms with E-state index in [0.29, 0.717) is 38.2 Å². The largest absolute Gasteiger partial charge is 0.692 e. The van der Waals surface area contributed by atoms with Gasteiger partial charge in [0.1, 0.15) is 5.75 Å². The second-order valence-electron chi connectivity index (χ2n) is 6.58. The molecular weight excluding hydrogens is 754 g/mol. The highest BCUT2D eigenvalue weighted by molar-refractivity contribution is 8.55. The van der Waals surface area contributed by atoms with Crippen molar-refractivity contribution in [3.63, 3.8) is 0 Å². The number of hydrogen-bond donors (Lipinski definition) is 2. The molecule has 2 rings (SSSR count). The third kappa shape index (κ3) is 16.1. The summed E-state index contributed by atoms with van der Waals surface area (Å²) in [7, 11) is -1.45.